The van der Waals surface area contributed by atoms with Crippen molar-refractivity contribution in [2.24, 2.45) is 0 Å². The van der Waals surface area contributed by atoms with Crippen LogP contribution in [-0.4, -0.2) is 27.8 Å². The molecule has 0 aliphatic heterocycles. The maximum absolute atomic E-state index is 13.6. The summed E-state index contributed by atoms with van der Waals surface area (Å²) in [5.41, 5.74) is -2.78. The van der Waals surface area contributed by atoms with Crippen LogP contribution in [0, 0.1) is 0 Å². The smallest absolute Gasteiger partial charge is 0.387 e. The Morgan fingerprint density at radius 2 is 1.87 bits per heavy atom. The first-order valence-corrected chi connectivity index (χ1v) is 9.92. The number of aromatic nitrogens is 1. The third-order valence-electron chi connectivity index (χ3n) is 5.16. The molecule has 1 heterocycles. The number of nitrogens with zero attached hydrogens (tertiary/aromatic N) is 1. The van der Waals surface area contributed by atoms with Crippen LogP contribution >= 0.6 is 23.2 Å². The molecule has 162 valence electrons. The Bertz CT molecular complexity index is 931. The quantitative estimate of drug-likeness (QED) is 0.462. The summed E-state index contributed by atoms with van der Waals surface area (Å²) in [6.45, 7) is 0. The minimum absolute atomic E-state index is 0.0314. The lowest BCUT2D eigenvalue weighted by molar-refractivity contribution is -0.137. The molecule has 0 unspecified atom stereocenters. The summed E-state index contributed by atoms with van der Waals surface area (Å²) in [5, 5.41) is 13.6. The van der Waals surface area contributed by atoms with E-state index in [1.54, 1.807) is 6.07 Å². The highest BCUT2D eigenvalue weighted by molar-refractivity contribution is 6.33. The summed E-state index contributed by atoms with van der Waals surface area (Å²) in [4.78, 5) is 17.0. The number of nitrogens with one attached hydrogen (secondary N) is 1. The molecule has 0 spiro atoms. The lowest BCUT2D eigenvalue weighted by Gasteiger charge is -2.40. The molecule has 0 radical (unpaired) electrons. The second-order valence-electron chi connectivity index (χ2n) is 7.26. The Kier molecular flexibility index (Phi) is 6.60. The first kappa shape index (κ1) is 22.8. The number of carbonyl (C=O) groups is 1. The number of alkyl halides is 4. The second-order valence-corrected chi connectivity index (χ2v) is 8.06. The van der Waals surface area contributed by atoms with Gasteiger partial charge in [0.2, 0.25) is 0 Å². The molecular weight excluding hydrogens is 447 g/mol. The largest absolute Gasteiger partial charge is 0.416 e. The summed E-state index contributed by atoms with van der Waals surface area (Å²) in [7, 11) is 0. The van der Waals surface area contributed by atoms with E-state index in [2.05, 4.69) is 10.3 Å². The van der Waals surface area contributed by atoms with Crippen LogP contribution in [-0.2, 0) is 6.18 Å². The fourth-order valence-corrected chi connectivity index (χ4v) is 3.90. The average molecular weight is 465 g/mol. The number of pyridine rings is 1. The highest BCUT2D eigenvalue weighted by Crippen LogP contribution is 2.40. The molecule has 1 amide bonds. The Balaban J connectivity index is 1.97. The minimum atomic E-state index is -4.66. The first-order chi connectivity index (χ1) is 14.0. The molecule has 2 N–H and O–H groups in total. The molecule has 0 bridgehead atoms. The monoisotopic (exact) mass is 464 g/mol. The van der Waals surface area contributed by atoms with Gasteiger partial charge in [0, 0.05) is 0 Å². The van der Waals surface area contributed by atoms with E-state index in [4.69, 9.17) is 23.2 Å². The Hall–Kier alpha value is -1.90. The predicted octanol–water partition coefficient (Wildman–Crippen LogP) is 5.52. The summed E-state index contributed by atoms with van der Waals surface area (Å²) in [6, 6.07) is 5.84. The van der Waals surface area contributed by atoms with Crippen molar-refractivity contribution in [3.05, 3.63) is 63.4 Å². The maximum Gasteiger partial charge on any atom is 0.416 e. The molecule has 1 aliphatic rings. The highest BCUT2D eigenvalue weighted by atomic mass is 35.5. The molecule has 1 saturated carbocycles. The van der Waals surface area contributed by atoms with Crippen molar-refractivity contribution in [1.29, 1.82) is 0 Å². The van der Waals surface area contributed by atoms with Gasteiger partial charge in [-0.25, -0.2) is 9.37 Å². The SMILES string of the molecule is O=C(N[C@@H](c1cccc(Cl)n1)[C@]1(O)CC[C@H](F)CC1)c1cc(C(F)(F)F)ccc1Cl. The van der Waals surface area contributed by atoms with Gasteiger partial charge in [-0.05, 0) is 56.0 Å². The summed E-state index contributed by atoms with van der Waals surface area (Å²) < 4.78 is 52.8. The van der Waals surface area contributed by atoms with Gasteiger partial charge in [0.15, 0.2) is 0 Å². The topological polar surface area (TPSA) is 62.2 Å². The van der Waals surface area contributed by atoms with Crippen molar-refractivity contribution in [1.82, 2.24) is 10.3 Å². The number of aliphatic hydroxyl groups is 1. The molecule has 1 aliphatic carbocycles. The Morgan fingerprint density at radius 3 is 2.47 bits per heavy atom. The Morgan fingerprint density at radius 1 is 1.20 bits per heavy atom. The van der Waals surface area contributed by atoms with Crippen molar-refractivity contribution in [2.45, 2.75) is 49.7 Å². The van der Waals surface area contributed by atoms with Gasteiger partial charge in [0.1, 0.15) is 17.4 Å². The second kappa shape index (κ2) is 8.69. The molecule has 1 fully saturated rings. The lowest BCUT2D eigenvalue weighted by atomic mass is 9.77. The van der Waals surface area contributed by atoms with E-state index in [9.17, 15) is 27.5 Å². The fraction of sp³-hybridized carbons (Fsp3) is 0.400. The van der Waals surface area contributed by atoms with Gasteiger partial charge >= 0.3 is 6.18 Å². The third-order valence-corrected chi connectivity index (χ3v) is 5.70. The van der Waals surface area contributed by atoms with Crippen LogP contribution in [0.25, 0.3) is 0 Å². The highest BCUT2D eigenvalue weighted by Gasteiger charge is 2.43. The number of amides is 1. The van der Waals surface area contributed by atoms with Crippen LogP contribution in [0.1, 0.15) is 53.3 Å². The van der Waals surface area contributed by atoms with E-state index < -0.39 is 41.0 Å². The van der Waals surface area contributed by atoms with E-state index in [0.717, 1.165) is 12.1 Å². The average Bonchev–Trinajstić information content (AvgIpc) is 2.67. The zero-order valence-corrected chi connectivity index (χ0v) is 17.0. The van der Waals surface area contributed by atoms with Crippen LogP contribution in [0.15, 0.2) is 36.4 Å². The third kappa shape index (κ3) is 5.04. The van der Waals surface area contributed by atoms with Crippen LogP contribution in [0.2, 0.25) is 10.2 Å². The van der Waals surface area contributed by atoms with Gasteiger partial charge in [-0.15, -0.1) is 0 Å². The number of hydrogen-bond acceptors (Lipinski definition) is 3. The fourth-order valence-electron chi connectivity index (χ4n) is 3.52. The number of carbonyl (C=O) groups excluding carboxylic acids is 1. The van der Waals surface area contributed by atoms with Gasteiger partial charge in [-0.2, -0.15) is 13.2 Å². The van der Waals surface area contributed by atoms with Crippen LogP contribution in [0.5, 0.6) is 0 Å². The van der Waals surface area contributed by atoms with Gasteiger partial charge in [-0.1, -0.05) is 29.3 Å². The summed E-state index contributed by atoms with van der Waals surface area (Å²) >= 11 is 11.9. The van der Waals surface area contributed by atoms with Gasteiger partial charge in [-0.3, -0.25) is 4.79 Å². The molecule has 10 heteroatoms. The van der Waals surface area contributed by atoms with Gasteiger partial charge < -0.3 is 10.4 Å². The van der Waals surface area contributed by atoms with Gasteiger partial charge in [0.25, 0.3) is 5.91 Å². The van der Waals surface area contributed by atoms with E-state index in [1.165, 1.54) is 12.1 Å². The Labute approximate surface area is 180 Å². The molecule has 0 saturated heterocycles. The molecule has 1 atom stereocenters. The van der Waals surface area contributed by atoms with E-state index in [0.29, 0.717) is 6.07 Å². The van der Waals surface area contributed by atoms with Crippen molar-refractivity contribution in [3.63, 3.8) is 0 Å². The number of rotatable bonds is 4. The van der Waals surface area contributed by atoms with Gasteiger partial charge in [0.05, 0.1) is 27.4 Å². The predicted molar refractivity (Wildman–Crippen MR) is 104 cm³/mol. The van der Waals surface area contributed by atoms with E-state index in [1.807, 2.05) is 0 Å². The summed E-state index contributed by atoms with van der Waals surface area (Å²) in [6.07, 6.45) is -5.52. The molecule has 2 aromatic rings. The molecule has 3 rings (SSSR count). The maximum atomic E-state index is 13.6. The van der Waals surface area contributed by atoms with Crippen molar-refractivity contribution in [3.8, 4) is 0 Å². The van der Waals surface area contributed by atoms with E-state index >= 15 is 0 Å². The number of benzene rings is 1. The summed E-state index contributed by atoms with van der Waals surface area (Å²) in [5.74, 6) is -0.923. The lowest BCUT2D eigenvalue weighted by Crippen LogP contribution is -2.49. The zero-order valence-electron chi connectivity index (χ0n) is 15.5. The van der Waals surface area contributed by atoms with Crippen molar-refractivity contribution < 1.29 is 27.5 Å². The normalized spacial score (nSPS) is 23.1. The minimum Gasteiger partial charge on any atom is -0.387 e. The van der Waals surface area contributed by atoms with Crippen molar-refractivity contribution in [2.75, 3.05) is 0 Å². The van der Waals surface area contributed by atoms with E-state index in [-0.39, 0.29) is 41.6 Å². The number of halogens is 6. The molecule has 1 aromatic heterocycles. The number of hydrogen-bond donors (Lipinski definition) is 2. The van der Waals surface area contributed by atoms with Crippen LogP contribution in [0.4, 0.5) is 17.6 Å². The molecule has 1 aromatic carbocycles. The van der Waals surface area contributed by atoms with Crippen LogP contribution in [0.3, 0.4) is 0 Å². The zero-order chi connectivity index (χ0) is 22.1. The molecule has 4 nitrogen and oxygen atoms in total. The molecule has 30 heavy (non-hydrogen) atoms. The molecular formula is C20H18Cl2F4N2O2. The van der Waals surface area contributed by atoms with Crippen LogP contribution < -0.4 is 5.32 Å². The van der Waals surface area contributed by atoms with Crippen molar-refractivity contribution >= 4 is 29.1 Å². The standard InChI is InChI=1S/C20H18Cl2F4N2O2/c21-14-5-4-11(20(24,25)26)10-13(14)18(29)28-17(15-2-1-3-16(22)27-15)19(30)8-6-12(23)7-9-19/h1-5,10,12,17,30H,6-9H2,(H,28,29)/t12-,17-,19-/m0/s1. The first-order valence-electron chi connectivity index (χ1n) is 9.16.